The Morgan fingerprint density at radius 1 is 1.54 bits per heavy atom. The molecule has 4 nitrogen and oxygen atoms in total. The highest BCUT2D eigenvalue weighted by Crippen LogP contribution is 2.17. The van der Waals surface area contributed by atoms with E-state index in [4.69, 9.17) is 9.99 Å². The lowest BCUT2D eigenvalue weighted by molar-refractivity contribution is -0.328. The van der Waals surface area contributed by atoms with E-state index < -0.39 is 17.7 Å². The van der Waals surface area contributed by atoms with Gasteiger partial charge in [0.15, 0.2) is 0 Å². The molecule has 0 amide bonds. The van der Waals surface area contributed by atoms with Gasteiger partial charge in [0.05, 0.1) is 6.10 Å². The molecule has 0 saturated carbocycles. The largest absolute Gasteiger partial charge is 0.393 e. The SMILES string of the molecule is CCC(=O)OOC(C)(C)CC(C)O. The van der Waals surface area contributed by atoms with Crippen molar-refractivity contribution in [1.29, 1.82) is 0 Å². The maximum absolute atomic E-state index is 10.7. The van der Waals surface area contributed by atoms with Crippen molar-refractivity contribution in [2.24, 2.45) is 0 Å². The summed E-state index contributed by atoms with van der Waals surface area (Å²) in [5, 5.41) is 9.09. The molecule has 1 unspecified atom stereocenters. The molecule has 13 heavy (non-hydrogen) atoms. The zero-order valence-electron chi connectivity index (χ0n) is 8.66. The molecule has 0 aromatic carbocycles. The van der Waals surface area contributed by atoms with Crippen LogP contribution in [0, 0.1) is 0 Å². The van der Waals surface area contributed by atoms with Crippen molar-refractivity contribution in [2.75, 3.05) is 0 Å². The van der Waals surface area contributed by atoms with Crippen molar-refractivity contribution in [3.8, 4) is 0 Å². The molecular weight excluding hydrogens is 172 g/mol. The fourth-order valence-corrected chi connectivity index (χ4v) is 0.964. The van der Waals surface area contributed by atoms with Gasteiger partial charge in [0.2, 0.25) is 0 Å². The topological polar surface area (TPSA) is 55.8 Å². The third-order valence-corrected chi connectivity index (χ3v) is 1.44. The Bertz CT molecular complexity index is 163. The Hall–Kier alpha value is -0.610. The summed E-state index contributed by atoms with van der Waals surface area (Å²) >= 11 is 0. The Labute approximate surface area is 78.8 Å². The lowest BCUT2D eigenvalue weighted by Gasteiger charge is -2.23. The number of hydrogen-bond donors (Lipinski definition) is 1. The maximum Gasteiger partial charge on any atom is 0.342 e. The number of hydrogen-bond acceptors (Lipinski definition) is 4. The number of rotatable bonds is 5. The van der Waals surface area contributed by atoms with Crippen LogP contribution in [0.15, 0.2) is 0 Å². The van der Waals surface area contributed by atoms with Gasteiger partial charge in [-0.3, -0.25) is 4.89 Å². The second kappa shape index (κ2) is 5.19. The smallest absolute Gasteiger partial charge is 0.342 e. The molecule has 0 bridgehead atoms. The molecule has 0 aliphatic rings. The van der Waals surface area contributed by atoms with Gasteiger partial charge < -0.3 is 5.11 Å². The Morgan fingerprint density at radius 3 is 2.46 bits per heavy atom. The van der Waals surface area contributed by atoms with Gasteiger partial charge in [-0.2, -0.15) is 4.89 Å². The van der Waals surface area contributed by atoms with Crippen LogP contribution in [0.5, 0.6) is 0 Å². The molecule has 0 saturated heterocycles. The van der Waals surface area contributed by atoms with Crippen LogP contribution in [-0.2, 0) is 14.6 Å². The van der Waals surface area contributed by atoms with E-state index in [1.807, 2.05) is 0 Å². The minimum Gasteiger partial charge on any atom is -0.393 e. The highest BCUT2D eigenvalue weighted by atomic mass is 17.2. The molecule has 4 heteroatoms. The van der Waals surface area contributed by atoms with Crippen LogP contribution < -0.4 is 0 Å². The van der Waals surface area contributed by atoms with Crippen molar-refractivity contribution < 1.29 is 19.7 Å². The standard InChI is InChI=1S/C9H18O4/c1-5-8(11)12-13-9(3,4)6-7(2)10/h7,10H,5-6H2,1-4H3. The fourth-order valence-electron chi connectivity index (χ4n) is 0.964. The van der Waals surface area contributed by atoms with Gasteiger partial charge in [0, 0.05) is 12.8 Å². The van der Waals surface area contributed by atoms with E-state index in [2.05, 4.69) is 4.89 Å². The number of aliphatic hydroxyl groups excluding tert-OH is 1. The average molecular weight is 190 g/mol. The first-order valence-corrected chi connectivity index (χ1v) is 4.44. The van der Waals surface area contributed by atoms with E-state index in [9.17, 15) is 4.79 Å². The van der Waals surface area contributed by atoms with Crippen molar-refractivity contribution >= 4 is 5.97 Å². The first-order valence-electron chi connectivity index (χ1n) is 4.44. The Morgan fingerprint density at radius 2 is 2.08 bits per heavy atom. The lowest BCUT2D eigenvalue weighted by atomic mass is 10.0. The van der Waals surface area contributed by atoms with Crippen LogP contribution in [0.2, 0.25) is 0 Å². The predicted octanol–water partition coefficient (Wildman–Crippen LogP) is 1.42. The Balaban J connectivity index is 3.81. The Kier molecular flexibility index (Phi) is 4.95. The van der Waals surface area contributed by atoms with E-state index in [1.54, 1.807) is 27.7 Å². The molecule has 0 aromatic rings. The molecule has 0 aliphatic carbocycles. The highest BCUT2D eigenvalue weighted by molar-refractivity contribution is 5.68. The first kappa shape index (κ1) is 12.4. The minimum atomic E-state index is -0.640. The third-order valence-electron chi connectivity index (χ3n) is 1.44. The quantitative estimate of drug-likeness (QED) is 0.526. The van der Waals surface area contributed by atoms with Gasteiger partial charge in [-0.1, -0.05) is 6.92 Å². The molecule has 0 aromatic heterocycles. The van der Waals surface area contributed by atoms with Crippen LogP contribution in [0.1, 0.15) is 40.5 Å². The van der Waals surface area contributed by atoms with E-state index in [0.717, 1.165) is 0 Å². The predicted molar refractivity (Wildman–Crippen MR) is 47.8 cm³/mol. The van der Waals surface area contributed by atoms with Crippen molar-refractivity contribution in [2.45, 2.75) is 52.2 Å². The summed E-state index contributed by atoms with van der Waals surface area (Å²) in [5.41, 5.74) is -0.640. The summed E-state index contributed by atoms with van der Waals surface area (Å²) < 4.78 is 0. The second-order valence-corrected chi connectivity index (χ2v) is 3.71. The molecule has 0 fully saturated rings. The van der Waals surface area contributed by atoms with Crippen LogP contribution in [0.4, 0.5) is 0 Å². The summed E-state index contributed by atoms with van der Waals surface area (Å²) in [7, 11) is 0. The van der Waals surface area contributed by atoms with Gasteiger partial charge in [0.1, 0.15) is 5.60 Å². The van der Waals surface area contributed by atoms with Crippen LogP contribution in [0.25, 0.3) is 0 Å². The molecule has 78 valence electrons. The van der Waals surface area contributed by atoms with Crippen molar-refractivity contribution in [1.82, 2.24) is 0 Å². The van der Waals surface area contributed by atoms with Crippen molar-refractivity contribution in [3.05, 3.63) is 0 Å². The van der Waals surface area contributed by atoms with E-state index in [1.165, 1.54) is 0 Å². The monoisotopic (exact) mass is 190 g/mol. The maximum atomic E-state index is 10.7. The highest BCUT2D eigenvalue weighted by Gasteiger charge is 2.23. The van der Waals surface area contributed by atoms with Gasteiger partial charge in [-0.15, -0.1) is 0 Å². The molecule has 0 aliphatic heterocycles. The molecule has 0 rings (SSSR count). The number of aliphatic hydroxyl groups is 1. The van der Waals surface area contributed by atoms with Gasteiger partial charge >= 0.3 is 5.97 Å². The van der Waals surface area contributed by atoms with Crippen LogP contribution >= 0.6 is 0 Å². The fraction of sp³-hybridized carbons (Fsp3) is 0.889. The third kappa shape index (κ3) is 6.54. The van der Waals surface area contributed by atoms with E-state index in [0.29, 0.717) is 6.42 Å². The van der Waals surface area contributed by atoms with Crippen molar-refractivity contribution in [3.63, 3.8) is 0 Å². The average Bonchev–Trinajstić information content (AvgIpc) is 1.98. The van der Waals surface area contributed by atoms with E-state index in [-0.39, 0.29) is 6.42 Å². The summed E-state index contributed by atoms with van der Waals surface area (Å²) in [6.45, 7) is 6.85. The van der Waals surface area contributed by atoms with E-state index >= 15 is 0 Å². The molecule has 1 atom stereocenters. The first-order chi connectivity index (χ1) is 5.87. The van der Waals surface area contributed by atoms with Gasteiger partial charge in [0.25, 0.3) is 0 Å². The summed E-state index contributed by atoms with van der Waals surface area (Å²) in [6.07, 6.45) is 0.227. The summed E-state index contributed by atoms with van der Waals surface area (Å²) in [4.78, 5) is 20.1. The van der Waals surface area contributed by atoms with Gasteiger partial charge in [-0.25, -0.2) is 4.79 Å². The zero-order chi connectivity index (χ0) is 10.5. The molecule has 1 N–H and O–H groups in total. The zero-order valence-corrected chi connectivity index (χ0v) is 8.66. The molecule has 0 radical (unpaired) electrons. The summed E-state index contributed by atoms with van der Waals surface area (Å²) in [6, 6.07) is 0. The molecular formula is C9H18O4. The van der Waals surface area contributed by atoms with Crippen LogP contribution in [0.3, 0.4) is 0 Å². The van der Waals surface area contributed by atoms with Gasteiger partial charge in [-0.05, 0) is 20.8 Å². The number of carbonyl (C=O) groups excluding carboxylic acids is 1. The molecule has 0 spiro atoms. The number of carbonyl (C=O) groups is 1. The second-order valence-electron chi connectivity index (χ2n) is 3.71. The normalized spacial score (nSPS) is 13.9. The minimum absolute atomic E-state index is 0.282. The van der Waals surface area contributed by atoms with Crippen LogP contribution in [-0.4, -0.2) is 22.8 Å². The summed E-state index contributed by atoms with van der Waals surface area (Å²) in [5.74, 6) is -0.404. The molecule has 0 heterocycles. The lowest BCUT2D eigenvalue weighted by Crippen LogP contribution is -2.30.